The standard InChI is InChI=1S/C17H14FN5O2S/c18-13-7-5-11(6-8-13)15(25)10-26-17-20-16(22-23-17)21-19-9-12-3-1-2-4-14(12)24/h1-9,24H,10H2,(H2,20,21,22,23)/b19-9+. The van der Waals surface area contributed by atoms with Crippen molar-refractivity contribution in [2.24, 2.45) is 5.10 Å². The summed E-state index contributed by atoms with van der Waals surface area (Å²) in [6, 6.07) is 12.1. The van der Waals surface area contributed by atoms with E-state index < -0.39 is 0 Å². The highest BCUT2D eigenvalue weighted by Crippen LogP contribution is 2.17. The molecule has 132 valence electrons. The third-order valence-corrected chi connectivity index (χ3v) is 4.12. The summed E-state index contributed by atoms with van der Waals surface area (Å²) in [7, 11) is 0. The largest absolute Gasteiger partial charge is 0.507 e. The van der Waals surface area contributed by atoms with Crippen molar-refractivity contribution in [1.82, 2.24) is 15.2 Å². The van der Waals surface area contributed by atoms with Gasteiger partial charge in [-0.1, -0.05) is 23.9 Å². The van der Waals surface area contributed by atoms with E-state index >= 15 is 0 Å². The first kappa shape index (κ1) is 17.6. The van der Waals surface area contributed by atoms with Crippen LogP contribution in [0, 0.1) is 5.82 Å². The molecule has 0 aliphatic heterocycles. The van der Waals surface area contributed by atoms with Gasteiger partial charge in [0.05, 0.1) is 12.0 Å². The number of aromatic hydroxyl groups is 1. The highest BCUT2D eigenvalue weighted by molar-refractivity contribution is 7.99. The molecule has 0 fully saturated rings. The number of phenolic OH excluding ortho intramolecular Hbond substituents is 1. The van der Waals surface area contributed by atoms with Gasteiger partial charge in [0.2, 0.25) is 11.1 Å². The molecule has 0 aliphatic rings. The van der Waals surface area contributed by atoms with Gasteiger partial charge in [0.25, 0.3) is 0 Å². The van der Waals surface area contributed by atoms with Gasteiger partial charge >= 0.3 is 0 Å². The molecule has 1 heterocycles. The number of carbonyl (C=O) groups excluding carboxylic acids is 1. The van der Waals surface area contributed by atoms with Crippen LogP contribution < -0.4 is 5.43 Å². The Labute approximate surface area is 152 Å². The number of ketones is 1. The van der Waals surface area contributed by atoms with Crippen LogP contribution in [0.5, 0.6) is 5.75 Å². The maximum atomic E-state index is 12.9. The number of carbonyl (C=O) groups is 1. The normalized spacial score (nSPS) is 11.0. The van der Waals surface area contributed by atoms with Crippen LogP contribution in [0.15, 0.2) is 58.8 Å². The zero-order chi connectivity index (χ0) is 18.4. The number of aromatic amines is 1. The smallest absolute Gasteiger partial charge is 0.240 e. The minimum atomic E-state index is -0.386. The molecule has 1 aromatic heterocycles. The fraction of sp³-hybridized carbons (Fsp3) is 0.0588. The summed E-state index contributed by atoms with van der Waals surface area (Å²) in [4.78, 5) is 16.2. The maximum Gasteiger partial charge on any atom is 0.240 e. The van der Waals surface area contributed by atoms with Crippen molar-refractivity contribution in [3.05, 3.63) is 65.5 Å². The zero-order valence-electron chi connectivity index (χ0n) is 13.4. The second kappa shape index (κ2) is 8.26. The van der Waals surface area contributed by atoms with E-state index in [4.69, 9.17) is 0 Å². The van der Waals surface area contributed by atoms with Gasteiger partial charge in [-0.05, 0) is 36.4 Å². The van der Waals surface area contributed by atoms with Crippen LogP contribution in [0.1, 0.15) is 15.9 Å². The van der Waals surface area contributed by atoms with E-state index in [2.05, 4.69) is 25.7 Å². The summed E-state index contributed by atoms with van der Waals surface area (Å²) in [6.07, 6.45) is 1.45. The van der Waals surface area contributed by atoms with E-state index in [-0.39, 0.29) is 23.1 Å². The monoisotopic (exact) mass is 371 g/mol. The minimum Gasteiger partial charge on any atom is -0.507 e. The van der Waals surface area contributed by atoms with Crippen LogP contribution in [0.25, 0.3) is 0 Å². The fourth-order valence-corrected chi connectivity index (χ4v) is 2.66. The summed E-state index contributed by atoms with van der Waals surface area (Å²) >= 11 is 1.15. The van der Waals surface area contributed by atoms with E-state index in [0.717, 1.165) is 11.8 Å². The SMILES string of the molecule is O=C(CSc1n[nH]c(N/N=C/c2ccccc2O)n1)c1ccc(F)cc1. The highest BCUT2D eigenvalue weighted by atomic mass is 32.2. The third kappa shape index (κ3) is 4.67. The Morgan fingerprint density at radius 1 is 1.27 bits per heavy atom. The Bertz CT molecular complexity index is 927. The van der Waals surface area contributed by atoms with Gasteiger partial charge < -0.3 is 5.11 Å². The third-order valence-electron chi connectivity index (χ3n) is 3.27. The van der Waals surface area contributed by atoms with Gasteiger partial charge in [-0.2, -0.15) is 10.1 Å². The Hall–Kier alpha value is -3.20. The first-order valence-electron chi connectivity index (χ1n) is 7.53. The first-order chi connectivity index (χ1) is 12.6. The van der Waals surface area contributed by atoms with Crippen molar-refractivity contribution in [3.63, 3.8) is 0 Å². The van der Waals surface area contributed by atoms with Gasteiger partial charge in [0, 0.05) is 11.1 Å². The molecule has 2 aromatic carbocycles. The molecule has 0 amide bonds. The lowest BCUT2D eigenvalue weighted by atomic mass is 10.1. The summed E-state index contributed by atoms with van der Waals surface area (Å²) in [5.74, 6) is 0.0130. The topological polar surface area (TPSA) is 103 Å². The molecule has 3 rings (SSSR count). The van der Waals surface area contributed by atoms with E-state index in [1.807, 2.05) is 0 Å². The van der Waals surface area contributed by atoms with Crippen LogP contribution in [-0.2, 0) is 0 Å². The maximum absolute atomic E-state index is 12.9. The van der Waals surface area contributed by atoms with Crippen molar-refractivity contribution in [2.45, 2.75) is 5.16 Å². The number of halogens is 1. The number of phenols is 1. The van der Waals surface area contributed by atoms with Gasteiger partial charge in [-0.3, -0.25) is 4.79 Å². The summed E-state index contributed by atoms with van der Waals surface area (Å²) in [6.45, 7) is 0. The molecule has 3 N–H and O–H groups in total. The number of nitrogens with zero attached hydrogens (tertiary/aromatic N) is 3. The molecular formula is C17H14FN5O2S. The van der Waals surface area contributed by atoms with Gasteiger partial charge in [0.1, 0.15) is 11.6 Å². The Balaban J connectivity index is 1.52. The predicted molar refractivity (Wildman–Crippen MR) is 97.2 cm³/mol. The Morgan fingerprint density at radius 3 is 2.81 bits per heavy atom. The minimum absolute atomic E-state index is 0.117. The average Bonchev–Trinajstić information content (AvgIpc) is 3.10. The number of hydrogen-bond donors (Lipinski definition) is 3. The summed E-state index contributed by atoms with van der Waals surface area (Å²) in [5, 5.41) is 20.6. The quantitative estimate of drug-likeness (QED) is 0.255. The number of Topliss-reactive ketones (excluding diaryl/α,β-unsaturated/α-hetero) is 1. The summed E-state index contributed by atoms with van der Waals surface area (Å²) < 4.78 is 12.9. The molecule has 0 saturated heterocycles. The van der Waals surface area contributed by atoms with Gasteiger partial charge in [-0.25, -0.2) is 14.9 Å². The number of nitrogens with one attached hydrogen (secondary N) is 2. The van der Waals surface area contributed by atoms with Gasteiger partial charge in [0.15, 0.2) is 5.78 Å². The lowest BCUT2D eigenvalue weighted by Crippen LogP contribution is -2.02. The van der Waals surface area contributed by atoms with Crippen LogP contribution >= 0.6 is 11.8 Å². The van der Waals surface area contributed by atoms with E-state index in [9.17, 15) is 14.3 Å². The molecule has 0 unspecified atom stereocenters. The van der Waals surface area contributed by atoms with Gasteiger partial charge in [-0.15, -0.1) is 5.10 Å². The van der Waals surface area contributed by atoms with Crippen LogP contribution in [0.4, 0.5) is 10.3 Å². The number of benzene rings is 2. The first-order valence-corrected chi connectivity index (χ1v) is 8.51. The number of hydrogen-bond acceptors (Lipinski definition) is 7. The second-order valence-electron chi connectivity index (χ2n) is 5.11. The molecular weight excluding hydrogens is 357 g/mol. The molecule has 0 radical (unpaired) electrons. The zero-order valence-corrected chi connectivity index (χ0v) is 14.2. The van der Waals surface area contributed by atoms with Crippen molar-refractivity contribution >= 4 is 29.7 Å². The van der Waals surface area contributed by atoms with Crippen LogP contribution in [0.2, 0.25) is 0 Å². The highest BCUT2D eigenvalue weighted by Gasteiger charge is 2.10. The lowest BCUT2D eigenvalue weighted by molar-refractivity contribution is 0.102. The molecule has 3 aromatic rings. The molecule has 0 aliphatic carbocycles. The predicted octanol–water partition coefficient (Wildman–Crippen LogP) is 3.07. The summed E-state index contributed by atoms with van der Waals surface area (Å²) in [5.41, 5.74) is 3.64. The molecule has 7 nitrogen and oxygen atoms in total. The van der Waals surface area contributed by atoms with Crippen molar-refractivity contribution in [3.8, 4) is 5.75 Å². The number of hydrazone groups is 1. The molecule has 0 spiro atoms. The number of thioether (sulfide) groups is 1. The van der Waals surface area contributed by atoms with E-state index in [0.29, 0.717) is 22.2 Å². The Kier molecular flexibility index (Phi) is 5.59. The number of H-pyrrole nitrogens is 1. The number of anilines is 1. The average molecular weight is 371 g/mol. The van der Waals surface area contributed by atoms with E-state index in [1.165, 1.54) is 30.5 Å². The fourth-order valence-electron chi connectivity index (χ4n) is 1.97. The van der Waals surface area contributed by atoms with Crippen LogP contribution in [-0.4, -0.2) is 38.0 Å². The number of rotatable bonds is 7. The molecule has 0 bridgehead atoms. The lowest BCUT2D eigenvalue weighted by Gasteiger charge is -1.98. The molecule has 0 atom stereocenters. The van der Waals surface area contributed by atoms with Crippen LogP contribution in [0.3, 0.4) is 0 Å². The molecule has 9 heteroatoms. The van der Waals surface area contributed by atoms with Crippen molar-refractivity contribution in [2.75, 3.05) is 11.2 Å². The number of para-hydroxylation sites is 1. The number of aromatic nitrogens is 3. The van der Waals surface area contributed by atoms with Crippen molar-refractivity contribution in [1.29, 1.82) is 0 Å². The molecule has 0 saturated carbocycles. The van der Waals surface area contributed by atoms with E-state index in [1.54, 1.807) is 24.3 Å². The Morgan fingerprint density at radius 2 is 2.04 bits per heavy atom. The van der Waals surface area contributed by atoms with Crippen molar-refractivity contribution < 1.29 is 14.3 Å². The molecule has 26 heavy (non-hydrogen) atoms. The second-order valence-corrected chi connectivity index (χ2v) is 6.06.